The summed E-state index contributed by atoms with van der Waals surface area (Å²) < 4.78 is 12.5. The lowest BCUT2D eigenvalue weighted by Crippen LogP contribution is -2.38. The van der Waals surface area contributed by atoms with Gasteiger partial charge in [-0.25, -0.2) is 9.97 Å². The van der Waals surface area contributed by atoms with Crippen LogP contribution in [0.25, 0.3) is 22.3 Å². The van der Waals surface area contributed by atoms with Crippen LogP contribution in [0.4, 0.5) is 0 Å². The molecule has 1 aromatic carbocycles. The molecule has 1 N–H and O–H groups in total. The number of aromatic nitrogens is 2. The second-order valence-corrected chi connectivity index (χ2v) is 15.6. The molecule has 5 atom stereocenters. The summed E-state index contributed by atoms with van der Waals surface area (Å²) in [4.78, 5) is 52.3. The van der Waals surface area contributed by atoms with E-state index in [1.807, 2.05) is 44.3 Å². The van der Waals surface area contributed by atoms with E-state index in [1.165, 1.54) is 32.1 Å². The first-order valence-corrected chi connectivity index (χ1v) is 18.8. The third-order valence-electron chi connectivity index (χ3n) is 11.6. The number of hydrogen-bond acceptors (Lipinski definition) is 8. The number of allylic oxidation sites excluding steroid dienone is 2. The van der Waals surface area contributed by atoms with Crippen LogP contribution >= 0.6 is 11.3 Å². The third-order valence-corrected chi connectivity index (χ3v) is 12.6. The van der Waals surface area contributed by atoms with Gasteiger partial charge >= 0.3 is 5.97 Å². The molecule has 3 fully saturated rings. The Morgan fingerprint density at radius 3 is 2.59 bits per heavy atom. The number of amides is 1. The number of fused-ring (bicyclic) bond motifs is 3. The van der Waals surface area contributed by atoms with Crippen LogP contribution in [0.5, 0.6) is 11.5 Å². The zero-order chi connectivity index (χ0) is 34.3. The van der Waals surface area contributed by atoms with E-state index >= 15 is 0 Å². The van der Waals surface area contributed by atoms with Gasteiger partial charge in [0.25, 0.3) is 0 Å². The van der Waals surface area contributed by atoms with Gasteiger partial charge in [-0.05, 0) is 76.3 Å². The lowest BCUT2D eigenvalue weighted by molar-refractivity contribution is -0.147. The number of carboxylic acid groups (broad SMARTS) is 1. The smallest absolute Gasteiger partial charge is 0.310 e. The summed E-state index contributed by atoms with van der Waals surface area (Å²) in [6.45, 7) is 2.61. The molecular formula is C39H47N3O6S. The molecule has 260 valence electrons. The first kappa shape index (κ1) is 33.7. The molecule has 1 aliphatic heterocycles. The molecule has 49 heavy (non-hydrogen) atoms. The molecule has 0 bridgehead atoms. The number of nitrogens with zero attached hydrogens (tertiary/aromatic N) is 3. The van der Waals surface area contributed by atoms with Crippen molar-refractivity contribution in [2.75, 3.05) is 20.7 Å². The topological polar surface area (TPSA) is 119 Å². The van der Waals surface area contributed by atoms with E-state index in [0.717, 1.165) is 57.9 Å². The highest BCUT2D eigenvalue weighted by molar-refractivity contribution is 7.10. The van der Waals surface area contributed by atoms with Crippen LogP contribution in [0, 0.1) is 30.1 Å². The van der Waals surface area contributed by atoms with Gasteiger partial charge < -0.3 is 19.5 Å². The molecule has 3 saturated carbocycles. The summed E-state index contributed by atoms with van der Waals surface area (Å²) in [6.07, 6.45) is 13.5. The standard InChI is InChI=1S/C39H47N3O6S/c1-23-33(47-3)15-14-27-34(19-30(40-35(23)27)31-22-49-36(41-31)24-11-7-6-8-12-24)48-26-17-28-29(18-26)37(44)42(2)16-10-5-4-9-13-25-20-39(25,38(45)46)21-32(28)43/h9,13-15,19,22,24-26,28-29H,4-8,10-12,16-18,20-21H2,1-3H3,(H,45,46)/b13-9-/t25-,26-,28-,29-,39-/m1/s1. The number of benzene rings is 1. The number of carboxylic acids is 1. The second-order valence-electron chi connectivity index (χ2n) is 14.7. The molecule has 3 aromatic rings. The Morgan fingerprint density at radius 2 is 1.82 bits per heavy atom. The summed E-state index contributed by atoms with van der Waals surface area (Å²) in [5, 5.41) is 14.3. The summed E-state index contributed by atoms with van der Waals surface area (Å²) in [7, 11) is 3.46. The van der Waals surface area contributed by atoms with Crippen molar-refractivity contribution in [3.63, 3.8) is 0 Å². The van der Waals surface area contributed by atoms with Crippen molar-refractivity contribution in [2.45, 2.75) is 96.0 Å². The average Bonchev–Trinajstić information content (AvgIpc) is 3.40. The van der Waals surface area contributed by atoms with E-state index in [-0.39, 0.29) is 24.0 Å². The number of ketones is 1. The van der Waals surface area contributed by atoms with Crippen molar-refractivity contribution in [3.05, 3.63) is 46.3 Å². The number of carbonyl (C=O) groups excluding carboxylic acids is 2. The molecule has 2 aromatic heterocycles. The van der Waals surface area contributed by atoms with E-state index in [1.54, 1.807) is 23.3 Å². The Bertz CT molecular complexity index is 1780. The highest BCUT2D eigenvalue weighted by Crippen LogP contribution is 2.57. The van der Waals surface area contributed by atoms with Crippen LogP contribution in [0.15, 0.2) is 35.7 Å². The van der Waals surface area contributed by atoms with Gasteiger partial charge in [-0.1, -0.05) is 31.4 Å². The van der Waals surface area contributed by atoms with Gasteiger partial charge in [0.05, 0.1) is 40.4 Å². The quantitative estimate of drug-likeness (QED) is 0.262. The molecule has 10 heteroatoms. The summed E-state index contributed by atoms with van der Waals surface area (Å²) in [5.41, 5.74) is 2.12. The van der Waals surface area contributed by atoms with Gasteiger partial charge in [0.1, 0.15) is 23.4 Å². The first-order chi connectivity index (χ1) is 23.7. The number of methoxy groups -OCH3 is 1. The third kappa shape index (κ3) is 6.60. The van der Waals surface area contributed by atoms with Crippen LogP contribution in [-0.4, -0.2) is 64.4 Å². The maximum absolute atomic E-state index is 14.0. The van der Waals surface area contributed by atoms with Crippen LogP contribution in [0.2, 0.25) is 0 Å². The minimum absolute atomic E-state index is 0.0588. The predicted molar refractivity (Wildman–Crippen MR) is 189 cm³/mol. The Labute approximate surface area is 292 Å². The fraction of sp³-hybridized carbons (Fsp3) is 0.564. The fourth-order valence-electron chi connectivity index (χ4n) is 8.48. The number of carbonyl (C=O) groups is 3. The Kier molecular flexibility index (Phi) is 9.52. The van der Waals surface area contributed by atoms with Gasteiger partial charge in [0.15, 0.2) is 0 Å². The molecule has 0 radical (unpaired) electrons. The van der Waals surface area contributed by atoms with Crippen LogP contribution in [0.1, 0.15) is 93.5 Å². The molecule has 1 amide bonds. The van der Waals surface area contributed by atoms with E-state index in [4.69, 9.17) is 19.4 Å². The number of pyridine rings is 1. The summed E-state index contributed by atoms with van der Waals surface area (Å²) >= 11 is 1.70. The largest absolute Gasteiger partial charge is 0.496 e. The van der Waals surface area contributed by atoms with E-state index in [9.17, 15) is 19.5 Å². The van der Waals surface area contributed by atoms with E-state index in [0.29, 0.717) is 37.5 Å². The Balaban J connectivity index is 1.21. The van der Waals surface area contributed by atoms with Crippen LogP contribution < -0.4 is 9.47 Å². The molecule has 3 heterocycles. The molecule has 9 nitrogen and oxygen atoms in total. The van der Waals surface area contributed by atoms with Gasteiger partial charge in [0.2, 0.25) is 5.91 Å². The molecule has 0 spiro atoms. The molecule has 7 rings (SSSR count). The van der Waals surface area contributed by atoms with Gasteiger partial charge in [-0.3, -0.25) is 14.4 Å². The number of aryl methyl sites for hydroxylation is 1. The van der Waals surface area contributed by atoms with E-state index in [2.05, 4.69) is 5.38 Å². The minimum Gasteiger partial charge on any atom is -0.496 e. The van der Waals surface area contributed by atoms with Gasteiger partial charge in [-0.2, -0.15) is 0 Å². The second kappa shape index (κ2) is 13.8. The molecule has 0 unspecified atom stereocenters. The van der Waals surface area contributed by atoms with E-state index < -0.39 is 29.3 Å². The summed E-state index contributed by atoms with van der Waals surface area (Å²) in [6, 6.07) is 5.81. The van der Waals surface area contributed by atoms with Crippen molar-refractivity contribution in [1.82, 2.24) is 14.9 Å². The molecular weight excluding hydrogens is 639 g/mol. The fourth-order valence-corrected chi connectivity index (χ4v) is 9.47. The number of hydrogen-bond donors (Lipinski definition) is 1. The predicted octanol–water partition coefficient (Wildman–Crippen LogP) is 7.75. The Morgan fingerprint density at radius 1 is 1.02 bits per heavy atom. The van der Waals surface area contributed by atoms with Crippen molar-refractivity contribution >= 4 is 39.9 Å². The van der Waals surface area contributed by atoms with Crippen molar-refractivity contribution < 1.29 is 29.0 Å². The zero-order valence-corrected chi connectivity index (χ0v) is 29.6. The SMILES string of the molecule is COc1ccc2c(O[C@@H]3C[C@H]4C(=O)C[C@]5(C(=O)O)C[C@H]5/C=C\CCCCN(C)C(=O)[C@@H]4C3)cc(-c3csc(C4CCCCC4)n3)nc2c1C. The zero-order valence-electron chi connectivity index (χ0n) is 28.8. The minimum atomic E-state index is -1.08. The van der Waals surface area contributed by atoms with Crippen molar-refractivity contribution in [2.24, 2.45) is 23.2 Å². The van der Waals surface area contributed by atoms with Gasteiger partial charge in [0, 0.05) is 54.2 Å². The average molecular weight is 686 g/mol. The maximum atomic E-state index is 14.0. The first-order valence-electron chi connectivity index (χ1n) is 18.0. The highest BCUT2D eigenvalue weighted by atomic mass is 32.1. The van der Waals surface area contributed by atoms with Crippen molar-refractivity contribution in [3.8, 4) is 22.9 Å². The number of ether oxygens (including phenoxy) is 2. The number of thiazole rings is 1. The molecule has 3 aliphatic carbocycles. The van der Waals surface area contributed by atoms with Crippen LogP contribution in [-0.2, 0) is 14.4 Å². The molecule has 4 aliphatic rings. The molecule has 0 saturated heterocycles. The maximum Gasteiger partial charge on any atom is 0.310 e. The monoisotopic (exact) mass is 685 g/mol. The summed E-state index contributed by atoms with van der Waals surface area (Å²) in [5.74, 6) is -0.585. The van der Waals surface area contributed by atoms with Crippen molar-refractivity contribution in [1.29, 1.82) is 0 Å². The lowest BCUT2D eigenvalue weighted by atomic mass is 9.84. The highest BCUT2D eigenvalue weighted by Gasteiger charge is 2.61. The van der Waals surface area contributed by atoms with Crippen LogP contribution in [0.3, 0.4) is 0 Å². The Hall–Kier alpha value is -3.79. The number of rotatable bonds is 6. The normalized spacial score (nSPS) is 28.8. The lowest BCUT2D eigenvalue weighted by Gasteiger charge is -2.25. The van der Waals surface area contributed by atoms with Gasteiger partial charge in [-0.15, -0.1) is 11.3 Å². The number of aliphatic carboxylic acids is 1. The number of Topliss-reactive ketones (excluding diaryl/α,β-unsaturated/α-hetero) is 1.